The molecule has 35 heavy (non-hydrogen) atoms. The van der Waals surface area contributed by atoms with Crippen LogP contribution in [0.25, 0.3) is 6.08 Å². The van der Waals surface area contributed by atoms with E-state index in [1.807, 2.05) is 19.1 Å². The first-order chi connectivity index (χ1) is 16.9. The van der Waals surface area contributed by atoms with Crippen molar-refractivity contribution < 1.29 is 28.2 Å². The van der Waals surface area contributed by atoms with Crippen LogP contribution in [0.5, 0.6) is 11.5 Å². The van der Waals surface area contributed by atoms with Crippen LogP contribution in [0, 0.1) is 5.82 Å². The molecule has 3 aromatic rings. The number of carbonyl (C=O) groups is 3. The maximum Gasteiger partial charge on any atom is 0.335 e. The van der Waals surface area contributed by atoms with Gasteiger partial charge in [-0.15, -0.1) is 0 Å². The van der Waals surface area contributed by atoms with Gasteiger partial charge in [0.25, 0.3) is 11.8 Å². The summed E-state index contributed by atoms with van der Waals surface area (Å²) in [6.45, 7) is 2.12. The van der Waals surface area contributed by atoms with Crippen molar-refractivity contribution in [1.29, 1.82) is 0 Å². The summed E-state index contributed by atoms with van der Waals surface area (Å²) < 4.78 is 24.3. The fourth-order valence-electron chi connectivity index (χ4n) is 3.71. The van der Waals surface area contributed by atoms with Crippen molar-refractivity contribution in [3.05, 3.63) is 94.8 Å². The summed E-state index contributed by atoms with van der Waals surface area (Å²) in [7, 11) is 1.47. The van der Waals surface area contributed by atoms with Crippen LogP contribution in [0.1, 0.15) is 23.6 Å². The van der Waals surface area contributed by atoms with Gasteiger partial charge in [0.1, 0.15) is 18.0 Å². The molecule has 1 aliphatic heterocycles. The highest BCUT2D eigenvalue weighted by Gasteiger charge is 2.37. The number of hydrogen-bond acceptors (Lipinski definition) is 5. The fraction of sp³-hybridized carbons (Fsp3) is 0.148. The zero-order chi connectivity index (χ0) is 24.9. The normalized spacial score (nSPS) is 14.8. The number of nitrogens with zero attached hydrogens (tertiary/aromatic N) is 1. The molecule has 178 valence electrons. The van der Waals surface area contributed by atoms with Crippen LogP contribution < -0.4 is 19.7 Å². The maximum absolute atomic E-state index is 13.2. The molecule has 1 saturated heterocycles. The number of rotatable bonds is 7. The lowest BCUT2D eigenvalue weighted by atomic mass is 10.0. The predicted octanol–water partition coefficient (Wildman–Crippen LogP) is 4.64. The number of amides is 4. The van der Waals surface area contributed by atoms with Gasteiger partial charge in [0.05, 0.1) is 12.8 Å². The second-order valence-electron chi connectivity index (χ2n) is 7.77. The minimum Gasteiger partial charge on any atom is -0.493 e. The van der Waals surface area contributed by atoms with Crippen molar-refractivity contribution in [2.24, 2.45) is 0 Å². The van der Waals surface area contributed by atoms with Crippen molar-refractivity contribution in [1.82, 2.24) is 5.32 Å². The Balaban J connectivity index is 1.60. The molecular formula is C27H23FN2O5. The number of carbonyl (C=O) groups excluding carboxylic acids is 3. The summed E-state index contributed by atoms with van der Waals surface area (Å²) >= 11 is 0. The Labute approximate surface area is 201 Å². The van der Waals surface area contributed by atoms with Crippen LogP contribution in [-0.2, 0) is 22.6 Å². The Bertz CT molecular complexity index is 1320. The van der Waals surface area contributed by atoms with E-state index >= 15 is 0 Å². The minimum atomic E-state index is -0.792. The Kier molecular flexibility index (Phi) is 6.91. The summed E-state index contributed by atoms with van der Waals surface area (Å²) in [6, 6.07) is 17.1. The molecule has 7 nitrogen and oxygen atoms in total. The lowest BCUT2D eigenvalue weighted by Crippen LogP contribution is -2.54. The standard InChI is InChI=1S/C27H23FN2O5/c1-3-19-6-4-5-7-22(19)30-26(32)21(25(31)29-27(30)33)14-18-10-13-23(24(15-18)34-2)35-16-17-8-11-20(28)12-9-17/h4-15H,3,16H2,1-2H3,(H,29,31,33)/b21-14-. The van der Waals surface area contributed by atoms with Gasteiger partial charge in [0.2, 0.25) is 0 Å². The smallest absolute Gasteiger partial charge is 0.335 e. The number of para-hydroxylation sites is 1. The Morgan fingerprint density at radius 3 is 2.43 bits per heavy atom. The lowest BCUT2D eigenvalue weighted by molar-refractivity contribution is -0.122. The Hall–Kier alpha value is -4.46. The van der Waals surface area contributed by atoms with Crippen LogP contribution in [0.2, 0.25) is 0 Å². The van der Waals surface area contributed by atoms with Crippen molar-refractivity contribution in [2.45, 2.75) is 20.0 Å². The predicted molar refractivity (Wildman–Crippen MR) is 129 cm³/mol. The number of hydrogen-bond donors (Lipinski definition) is 1. The second-order valence-corrected chi connectivity index (χ2v) is 7.77. The van der Waals surface area contributed by atoms with E-state index in [2.05, 4.69) is 5.32 Å². The van der Waals surface area contributed by atoms with Gasteiger partial charge in [-0.05, 0) is 59.5 Å². The average Bonchev–Trinajstić information content (AvgIpc) is 2.86. The van der Waals surface area contributed by atoms with Gasteiger partial charge in [-0.25, -0.2) is 14.1 Å². The van der Waals surface area contributed by atoms with Gasteiger partial charge in [0.15, 0.2) is 11.5 Å². The highest BCUT2D eigenvalue weighted by molar-refractivity contribution is 6.39. The number of halogens is 1. The van der Waals surface area contributed by atoms with Crippen LogP contribution >= 0.6 is 0 Å². The molecule has 0 aliphatic carbocycles. The van der Waals surface area contributed by atoms with Crippen LogP contribution in [0.15, 0.2) is 72.3 Å². The van der Waals surface area contributed by atoms with Crippen molar-refractivity contribution >= 4 is 29.6 Å². The van der Waals surface area contributed by atoms with E-state index in [1.165, 1.54) is 25.3 Å². The second kappa shape index (κ2) is 10.2. The molecule has 1 heterocycles. The highest BCUT2D eigenvalue weighted by Crippen LogP contribution is 2.31. The van der Waals surface area contributed by atoms with Gasteiger partial charge in [-0.1, -0.05) is 43.3 Å². The largest absolute Gasteiger partial charge is 0.493 e. The molecule has 4 rings (SSSR count). The topological polar surface area (TPSA) is 84.9 Å². The number of nitrogens with one attached hydrogen (secondary N) is 1. The number of imide groups is 2. The molecule has 3 aromatic carbocycles. The summed E-state index contributed by atoms with van der Waals surface area (Å²) in [5, 5.41) is 2.24. The van der Waals surface area contributed by atoms with E-state index < -0.39 is 17.8 Å². The molecule has 4 amide bonds. The van der Waals surface area contributed by atoms with Crippen LogP contribution in [0.4, 0.5) is 14.9 Å². The van der Waals surface area contributed by atoms with Crippen molar-refractivity contribution in [3.63, 3.8) is 0 Å². The Morgan fingerprint density at radius 1 is 0.971 bits per heavy atom. The highest BCUT2D eigenvalue weighted by atomic mass is 19.1. The molecule has 0 radical (unpaired) electrons. The SMILES string of the molecule is CCc1ccccc1N1C(=O)NC(=O)/C(=C/c2ccc(OCc3ccc(F)cc3)c(OC)c2)C1=O. The van der Waals surface area contributed by atoms with Crippen molar-refractivity contribution in [2.75, 3.05) is 12.0 Å². The van der Waals surface area contributed by atoms with Gasteiger partial charge < -0.3 is 9.47 Å². The summed E-state index contributed by atoms with van der Waals surface area (Å²) in [6.07, 6.45) is 2.01. The lowest BCUT2D eigenvalue weighted by Gasteiger charge is -2.28. The third-order valence-electron chi connectivity index (χ3n) is 5.52. The number of ether oxygens (including phenoxy) is 2. The minimum absolute atomic E-state index is 0.183. The molecule has 0 atom stereocenters. The molecule has 0 unspecified atom stereocenters. The zero-order valence-electron chi connectivity index (χ0n) is 19.2. The summed E-state index contributed by atoms with van der Waals surface area (Å²) in [5.74, 6) is -0.999. The van der Waals surface area contributed by atoms with Crippen LogP contribution in [-0.4, -0.2) is 25.0 Å². The first-order valence-corrected chi connectivity index (χ1v) is 11.0. The Morgan fingerprint density at radius 2 is 1.71 bits per heavy atom. The van der Waals surface area contributed by atoms with Gasteiger partial charge in [-0.2, -0.15) is 0 Å². The quantitative estimate of drug-likeness (QED) is 0.398. The number of benzene rings is 3. The number of methoxy groups -OCH3 is 1. The molecule has 0 saturated carbocycles. The molecule has 0 aromatic heterocycles. The third-order valence-corrected chi connectivity index (χ3v) is 5.52. The van der Waals surface area contributed by atoms with E-state index in [0.717, 1.165) is 16.0 Å². The molecule has 0 bridgehead atoms. The van der Waals surface area contributed by atoms with Gasteiger partial charge in [-0.3, -0.25) is 14.9 Å². The van der Waals surface area contributed by atoms with E-state index in [9.17, 15) is 18.8 Å². The molecular weight excluding hydrogens is 451 g/mol. The molecule has 1 aliphatic rings. The van der Waals surface area contributed by atoms with Gasteiger partial charge in [0, 0.05) is 0 Å². The molecule has 0 spiro atoms. The number of barbiturate groups is 1. The maximum atomic E-state index is 13.2. The fourth-order valence-corrected chi connectivity index (χ4v) is 3.71. The number of anilines is 1. The summed E-state index contributed by atoms with van der Waals surface area (Å²) in [5.41, 5.74) is 2.33. The number of aryl methyl sites for hydroxylation is 1. The monoisotopic (exact) mass is 474 g/mol. The van der Waals surface area contributed by atoms with E-state index in [0.29, 0.717) is 29.2 Å². The average molecular weight is 474 g/mol. The first-order valence-electron chi connectivity index (χ1n) is 11.0. The van der Waals surface area contributed by atoms with Crippen LogP contribution in [0.3, 0.4) is 0 Å². The zero-order valence-corrected chi connectivity index (χ0v) is 19.2. The molecule has 1 fully saturated rings. The van der Waals surface area contributed by atoms with E-state index in [4.69, 9.17) is 9.47 Å². The number of urea groups is 1. The first kappa shape index (κ1) is 23.7. The van der Waals surface area contributed by atoms with E-state index in [1.54, 1.807) is 42.5 Å². The van der Waals surface area contributed by atoms with Gasteiger partial charge >= 0.3 is 6.03 Å². The third kappa shape index (κ3) is 5.06. The molecule has 8 heteroatoms. The molecule has 1 N–H and O–H groups in total. The van der Waals surface area contributed by atoms with E-state index in [-0.39, 0.29) is 18.0 Å². The van der Waals surface area contributed by atoms with Crippen molar-refractivity contribution in [3.8, 4) is 11.5 Å². The summed E-state index contributed by atoms with van der Waals surface area (Å²) in [4.78, 5) is 39.2.